The highest BCUT2D eigenvalue weighted by molar-refractivity contribution is 9.14. The molecule has 2 nitrogen and oxygen atoms in total. The van der Waals surface area contributed by atoms with E-state index in [-0.39, 0.29) is 17.5 Å². The van der Waals surface area contributed by atoms with Gasteiger partial charge in [0, 0.05) is 34.9 Å². The lowest BCUT2D eigenvalue weighted by Crippen LogP contribution is -2.13. The molecule has 2 rings (SSSR count). The molecule has 0 amide bonds. The topological polar surface area (TPSA) is 34.1 Å². The highest BCUT2D eigenvalue weighted by Crippen LogP contribution is 2.43. The summed E-state index contributed by atoms with van der Waals surface area (Å²) in [4.78, 5) is 25.3. The summed E-state index contributed by atoms with van der Waals surface area (Å²) in [6.45, 7) is 3.68. The van der Waals surface area contributed by atoms with E-state index in [1.165, 1.54) is 0 Å². The molecule has 0 aliphatic carbocycles. The van der Waals surface area contributed by atoms with Gasteiger partial charge in [-0.15, -0.1) is 0 Å². The van der Waals surface area contributed by atoms with Crippen molar-refractivity contribution in [2.45, 2.75) is 13.8 Å². The van der Waals surface area contributed by atoms with Crippen molar-refractivity contribution in [3.63, 3.8) is 0 Å². The monoisotopic (exact) mass is 564 g/mol. The fourth-order valence-electron chi connectivity index (χ4n) is 2.07. The van der Waals surface area contributed by atoms with Crippen LogP contribution >= 0.6 is 63.7 Å². The largest absolute Gasteiger partial charge is 0.294 e. The zero-order valence-electron chi connectivity index (χ0n) is 12.3. The second-order valence-corrected chi connectivity index (χ2v) is 8.39. The number of carbonyl (C=O) groups is 2. The van der Waals surface area contributed by atoms with Gasteiger partial charge in [-0.05, 0) is 63.7 Å². The van der Waals surface area contributed by atoms with Crippen molar-refractivity contribution in [2.75, 3.05) is 0 Å². The first-order valence-corrected chi connectivity index (χ1v) is 9.94. The normalized spacial score (nSPS) is 10.9. The molecule has 0 saturated carbocycles. The lowest BCUT2D eigenvalue weighted by molar-refractivity contribution is 0.0936. The van der Waals surface area contributed by atoms with Crippen LogP contribution in [0, 0.1) is 5.92 Å². The average Bonchev–Trinajstić information content (AvgIpc) is 2.54. The molecule has 0 fully saturated rings. The number of rotatable bonds is 4. The summed E-state index contributed by atoms with van der Waals surface area (Å²) in [5.41, 5.74) is 1.56. The molecule has 0 aliphatic heterocycles. The Balaban J connectivity index is 2.69. The average molecular weight is 568 g/mol. The molecule has 120 valence electrons. The highest BCUT2D eigenvalue weighted by atomic mass is 79.9. The smallest absolute Gasteiger partial charge is 0.195 e. The van der Waals surface area contributed by atoms with Crippen LogP contribution in [0.2, 0.25) is 0 Å². The standard InChI is InChI=1S/C17H12Br4O2/c1-8(2)16(22)10-12(18)14(20)11(15(21)13(10)19)17(23)9-6-4-3-5-7-9/h3-8H,1-2H3. The quantitative estimate of drug-likeness (QED) is 0.301. The Labute approximate surface area is 168 Å². The molecule has 0 heterocycles. The van der Waals surface area contributed by atoms with E-state index in [4.69, 9.17) is 0 Å². The Morgan fingerprint density at radius 2 is 1.22 bits per heavy atom. The van der Waals surface area contributed by atoms with Crippen LogP contribution in [0.4, 0.5) is 0 Å². The van der Waals surface area contributed by atoms with Gasteiger partial charge < -0.3 is 0 Å². The number of halogens is 4. The zero-order valence-corrected chi connectivity index (χ0v) is 18.6. The van der Waals surface area contributed by atoms with Crippen LogP contribution in [0.15, 0.2) is 48.2 Å². The molecule has 0 bridgehead atoms. The molecule has 6 heteroatoms. The van der Waals surface area contributed by atoms with Crippen LogP contribution in [0.3, 0.4) is 0 Å². The molecule has 2 aromatic carbocycles. The lowest BCUT2D eigenvalue weighted by Gasteiger charge is -2.16. The Kier molecular flexibility index (Phi) is 6.39. The Hall–Kier alpha value is -0.300. The van der Waals surface area contributed by atoms with Crippen molar-refractivity contribution in [1.29, 1.82) is 0 Å². The summed E-state index contributed by atoms with van der Waals surface area (Å²) < 4.78 is 2.27. The number of carbonyl (C=O) groups excluding carboxylic acids is 2. The predicted molar refractivity (Wildman–Crippen MR) is 106 cm³/mol. The Morgan fingerprint density at radius 1 is 0.783 bits per heavy atom. The maximum absolute atomic E-state index is 12.8. The van der Waals surface area contributed by atoms with Crippen LogP contribution in [0.5, 0.6) is 0 Å². The maximum Gasteiger partial charge on any atom is 0.195 e. The first-order valence-electron chi connectivity index (χ1n) is 6.77. The van der Waals surface area contributed by atoms with Crippen molar-refractivity contribution in [2.24, 2.45) is 5.92 Å². The predicted octanol–water partition coefficient (Wildman–Crippen LogP) is 6.81. The molecule has 0 aromatic heterocycles. The van der Waals surface area contributed by atoms with Crippen LogP contribution in [0.1, 0.15) is 40.1 Å². The third-order valence-corrected chi connectivity index (χ3v) is 7.53. The summed E-state index contributed by atoms with van der Waals surface area (Å²) in [5.74, 6) is -0.296. The number of ketones is 2. The summed E-state index contributed by atoms with van der Waals surface area (Å²) in [7, 11) is 0. The first kappa shape index (κ1) is 19.0. The van der Waals surface area contributed by atoms with E-state index in [0.29, 0.717) is 34.6 Å². The van der Waals surface area contributed by atoms with Gasteiger partial charge >= 0.3 is 0 Å². The summed E-state index contributed by atoms with van der Waals surface area (Å²) in [5, 5.41) is 0. The van der Waals surface area contributed by atoms with Gasteiger partial charge in [-0.3, -0.25) is 9.59 Å². The number of benzene rings is 2. The van der Waals surface area contributed by atoms with Crippen molar-refractivity contribution >= 4 is 75.3 Å². The minimum absolute atomic E-state index is 0.0103. The van der Waals surface area contributed by atoms with E-state index in [0.717, 1.165) is 0 Å². The molecule has 0 aliphatic rings. The van der Waals surface area contributed by atoms with Crippen LogP contribution in [-0.4, -0.2) is 11.6 Å². The molecule has 0 N–H and O–H groups in total. The van der Waals surface area contributed by atoms with Crippen molar-refractivity contribution in [3.05, 3.63) is 64.9 Å². The summed E-state index contributed by atoms with van der Waals surface area (Å²) in [6.07, 6.45) is 0. The van der Waals surface area contributed by atoms with Gasteiger partial charge in [0.25, 0.3) is 0 Å². The van der Waals surface area contributed by atoms with E-state index in [9.17, 15) is 9.59 Å². The van der Waals surface area contributed by atoms with Gasteiger partial charge in [-0.2, -0.15) is 0 Å². The molecule has 0 radical (unpaired) electrons. The van der Waals surface area contributed by atoms with Crippen LogP contribution in [-0.2, 0) is 0 Å². The van der Waals surface area contributed by atoms with E-state index < -0.39 is 0 Å². The van der Waals surface area contributed by atoms with Gasteiger partial charge in [0.2, 0.25) is 0 Å². The molecular formula is C17H12Br4O2. The minimum Gasteiger partial charge on any atom is -0.294 e. The van der Waals surface area contributed by atoms with E-state index in [1.807, 2.05) is 32.0 Å². The van der Waals surface area contributed by atoms with Gasteiger partial charge in [-0.1, -0.05) is 44.2 Å². The molecule has 0 unspecified atom stereocenters. The fourth-order valence-corrected chi connectivity index (χ4v) is 4.94. The molecule has 23 heavy (non-hydrogen) atoms. The van der Waals surface area contributed by atoms with E-state index >= 15 is 0 Å². The number of hydrogen-bond acceptors (Lipinski definition) is 2. The molecule has 2 aromatic rings. The second kappa shape index (κ2) is 7.72. The second-order valence-electron chi connectivity index (χ2n) is 5.22. The maximum atomic E-state index is 12.8. The lowest BCUT2D eigenvalue weighted by atomic mass is 9.97. The molecule has 0 atom stereocenters. The van der Waals surface area contributed by atoms with Crippen LogP contribution in [0.25, 0.3) is 0 Å². The van der Waals surface area contributed by atoms with Crippen molar-refractivity contribution in [3.8, 4) is 0 Å². The summed E-state index contributed by atoms with van der Waals surface area (Å²) in [6, 6.07) is 9.01. The number of hydrogen-bond donors (Lipinski definition) is 0. The minimum atomic E-state index is -0.155. The Bertz CT molecular complexity index is 754. The van der Waals surface area contributed by atoms with Gasteiger partial charge in [0.1, 0.15) is 0 Å². The molecule has 0 spiro atoms. The van der Waals surface area contributed by atoms with Crippen molar-refractivity contribution < 1.29 is 9.59 Å². The van der Waals surface area contributed by atoms with E-state index in [2.05, 4.69) is 63.7 Å². The number of Topliss-reactive ketones (excluding diaryl/α,β-unsaturated/α-hetero) is 1. The first-order chi connectivity index (χ1) is 10.8. The highest BCUT2D eigenvalue weighted by Gasteiger charge is 2.28. The SMILES string of the molecule is CC(C)C(=O)c1c(Br)c(Br)c(C(=O)c2ccccc2)c(Br)c1Br. The zero-order chi connectivity index (χ0) is 17.3. The molecular weight excluding hydrogens is 556 g/mol. The van der Waals surface area contributed by atoms with Gasteiger partial charge in [0.15, 0.2) is 11.6 Å². The van der Waals surface area contributed by atoms with Gasteiger partial charge in [0.05, 0.1) is 5.56 Å². The Morgan fingerprint density at radius 3 is 1.65 bits per heavy atom. The van der Waals surface area contributed by atoms with Gasteiger partial charge in [-0.25, -0.2) is 0 Å². The summed E-state index contributed by atoms with van der Waals surface area (Å²) >= 11 is 13.8. The van der Waals surface area contributed by atoms with Crippen molar-refractivity contribution in [1.82, 2.24) is 0 Å². The third-order valence-electron chi connectivity index (χ3n) is 3.30. The third kappa shape index (κ3) is 3.70. The molecule has 0 saturated heterocycles. The fraction of sp³-hybridized carbons (Fsp3) is 0.176. The van der Waals surface area contributed by atoms with Crippen LogP contribution < -0.4 is 0 Å². The van der Waals surface area contributed by atoms with E-state index in [1.54, 1.807) is 12.1 Å².